The summed E-state index contributed by atoms with van der Waals surface area (Å²) in [5.74, 6) is 0. The van der Waals surface area contributed by atoms with E-state index in [1.807, 2.05) is 6.07 Å². The molecule has 110 valence electrons. The predicted molar refractivity (Wildman–Crippen MR) is 76.6 cm³/mol. The SMILES string of the molecule is Cc1ccc(C#N)cc1S(=O)(=O)N(CCCO)C(C)C. The van der Waals surface area contributed by atoms with Crippen molar-refractivity contribution in [3.63, 3.8) is 0 Å². The second-order valence-corrected chi connectivity index (χ2v) is 6.74. The molecule has 0 unspecified atom stereocenters. The molecule has 0 amide bonds. The van der Waals surface area contributed by atoms with Gasteiger partial charge in [0.2, 0.25) is 10.0 Å². The zero-order valence-corrected chi connectivity index (χ0v) is 12.8. The van der Waals surface area contributed by atoms with Crippen molar-refractivity contribution in [3.8, 4) is 6.07 Å². The fourth-order valence-electron chi connectivity index (χ4n) is 1.96. The lowest BCUT2D eigenvalue weighted by Gasteiger charge is -2.26. The number of sulfonamides is 1. The molecule has 0 radical (unpaired) electrons. The fraction of sp³-hybridized carbons (Fsp3) is 0.500. The molecule has 0 saturated carbocycles. The smallest absolute Gasteiger partial charge is 0.243 e. The summed E-state index contributed by atoms with van der Waals surface area (Å²) in [5, 5.41) is 17.8. The first-order valence-corrected chi connectivity index (χ1v) is 7.92. The number of nitrogens with zero attached hydrogens (tertiary/aromatic N) is 2. The van der Waals surface area contributed by atoms with Gasteiger partial charge in [0.15, 0.2) is 0 Å². The van der Waals surface area contributed by atoms with E-state index in [0.717, 1.165) is 0 Å². The largest absolute Gasteiger partial charge is 0.396 e. The summed E-state index contributed by atoms with van der Waals surface area (Å²) in [7, 11) is -3.66. The number of benzene rings is 1. The highest BCUT2D eigenvalue weighted by Gasteiger charge is 2.28. The van der Waals surface area contributed by atoms with Crippen molar-refractivity contribution in [3.05, 3.63) is 29.3 Å². The fourth-order valence-corrected chi connectivity index (χ4v) is 3.88. The molecule has 1 rings (SSSR count). The monoisotopic (exact) mass is 296 g/mol. The zero-order chi connectivity index (χ0) is 15.3. The summed E-state index contributed by atoms with van der Waals surface area (Å²) in [4.78, 5) is 0.156. The van der Waals surface area contributed by atoms with Crippen LogP contribution >= 0.6 is 0 Å². The van der Waals surface area contributed by atoms with Gasteiger partial charge in [-0.2, -0.15) is 9.57 Å². The topological polar surface area (TPSA) is 81.4 Å². The van der Waals surface area contributed by atoms with Gasteiger partial charge in [0.25, 0.3) is 0 Å². The number of rotatable bonds is 6. The molecule has 1 aromatic carbocycles. The van der Waals surface area contributed by atoms with Crippen LogP contribution in [0.15, 0.2) is 23.1 Å². The molecule has 0 heterocycles. The Morgan fingerprint density at radius 1 is 1.40 bits per heavy atom. The molecule has 5 nitrogen and oxygen atoms in total. The Hall–Kier alpha value is -1.42. The van der Waals surface area contributed by atoms with Crippen molar-refractivity contribution < 1.29 is 13.5 Å². The summed E-state index contributed by atoms with van der Waals surface area (Å²) in [6.45, 7) is 5.48. The maximum atomic E-state index is 12.7. The van der Waals surface area contributed by atoms with Gasteiger partial charge in [0.1, 0.15) is 0 Å². The van der Waals surface area contributed by atoms with Crippen LogP contribution in [0, 0.1) is 18.3 Å². The maximum Gasteiger partial charge on any atom is 0.243 e. The molecule has 1 N–H and O–H groups in total. The Kier molecular flexibility index (Phi) is 5.69. The van der Waals surface area contributed by atoms with E-state index >= 15 is 0 Å². The van der Waals surface area contributed by atoms with E-state index in [4.69, 9.17) is 10.4 Å². The van der Waals surface area contributed by atoms with Gasteiger partial charge < -0.3 is 5.11 Å². The summed E-state index contributed by atoms with van der Waals surface area (Å²) < 4.78 is 26.8. The minimum atomic E-state index is -3.66. The molecule has 0 saturated heterocycles. The van der Waals surface area contributed by atoms with Crippen molar-refractivity contribution in [1.29, 1.82) is 5.26 Å². The normalized spacial score (nSPS) is 11.8. The van der Waals surface area contributed by atoms with Crippen LogP contribution in [-0.4, -0.2) is 37.0 Å². The van der Waals surface area contributed by atoms with Crippen LogP contribution < -0.4 is 0 Å². The molecule has 0 aliphatic carbocycles. The van der Waals surface area contributed by atoms with Gasteiger partial charge in [-0.05, 0) is 44.9 Å². The molecule has 6 heteroatoms. The maximum absolute atomic E-state index is 12.7. The Morgan fingerprint density at radius 3 is 2.55 bits per heavy atom. The number of hydrogen-bond acceptors (Lipinski definition) is 4. The van der Waals surface area contributed by atoms with Crippen LogP contribution in [0.2, 0.25) is 0 Å². The first-order valence-electron chi connectivity index (χ1n) is 6.48. The summed E-state index contributed by atoms with van der Waals surface area (Å²) >= 11 is 0. The van der Waals surface area contributed by atoms with Gasteiger partial charge in [-0.15, -0.1) is 0 Å². The molecule has 0 aliphatic heterocycles. The van der Waals surface area contributed by atoms with Gasteiger partial charge in [0.05, 0.1) is 16.5 Å². The lowest BCUT2D eigenvalue weighted by atomic mass is 10.2. The molecular weight excluding hydrogens is 276 g/mol. The molecule has 0 atom stereocenters. The summed E-state index contributed by atoms with van der Waals surface area (Å²) in [5.41, 5.74) is 0.929. The highest BCUT2D eigenvalue weighted by atomic mass is 32.2. The van der Waals surface area contributed by atoms with E-state index in [1.165, 1.54) is 10.4 Å². The lowest BCUT2D eigenvalue weighted by molar-refractivity contribution is 0.258. The molecule has 0 fully saturated rings. The third-order valence-electron chi connectivity index (χ3n) is 3.02. The van der Waals surface area contributed by atoms with Crippen LogP contribution in [0.3, 0.4) is 0 Å². The average molecular weight is 296 g/mol. The van der Waals surface area contributed by atoms with E-state index in [9.17, 15) is 8.42 Å². The van der Waals surface area contributed by atoms with Crippen molar-refractivity contribution in [2.45, 2.75) is 38.1 Å². The third kappa shape index (κ3) is 3.57. The average Bonchev–Trinajstić information content (AvgIpc) is 2.38. The van der Waals surface area contributed by atoms with Crippen molar-refractivity contribution in [2.24, 2.45) is 0 Å². The second-order valence-electron chi connectivity index (χ2n) is 4.88. The predicted octanol–water partition coefficient (Wildman–Crippen LogP) is 1.65. The Bertz CT molecular complexity index is 603. The quantitative estimate of drug-likeness (QED) is 0.865. The third-order valence-corrected chi connectivity index (χ3v) is 5.23. The Balaban J connectivity index is 3.29. The van der Waals surface area contributed by atoms with E-state index in [1.54, 1.807) is 32.9 Å². The van der Waals surface area contributed by atoms with Crippen LogP contribution in [-0.2, 0) is 10.0 Å². The minimum absolute atomic E-state index is 0.0596. The number of aliphatic hydroxyl groups is 1. The second kappa shape index (κ2) is 6.84. The molecular formula is C14H20N2O3S. The highest BCUT2D eigenvalue weighted by Crippen LogP contribution is 2.23. The van der Waals surface area contributed by atoms with E-state index in [2.05, 4.69) is 0 Å². The standard InChI is InChI=1S/C14H20N2O3S/c1-11(2)16(7-4-8-17)20(18,19)14-9-13(10-15)6-5-12(14)3/h5-6,9,11,17H,4,7-8H2,1-3H3. The van der Waals surface area contributed by atoms with Crippen molar-refractivity contribution in [1.82, 2.24) is 4.31 Å². The lowest BCUT2D eigenvalue weighted by Crippen LogP contribution is -2.38. The van der Waals surface area contributed by atoms with Crippen LogP contribution in [0.5, 0.6) is 0 Å². The van der Waals surface area contributed by atoms with Gasteiger partial charge >= 0.3 is 0 Å². The number of hydrogen-bond donors (Lipinski definition) is 1. The first-order chi connectivity index (χ1) is 9.34. The molecule has 1 aromatic rings. The molecule has 0 bridgehead atoms. The van der Waals surface area contributed by atoms with Crippen LogP contribution in [0.25, 0.3) is 0 Å². The zero-order valence-electron chi connectivity index (χ0n) is 12.0. The first kappa shape index (κ1) is 16.6. The number of aryl methyl sites for hydroxylation is 1. The van der Waals surface area contributed by atoms with E-state index < -0.39 is 10.0 Å². The summed E-state index contributed by atoms with van der Waals surface area (Å²) in [6, 6.07) is 6.38. The number of nitriles is 1. The molecule has 0 spiro atoms. The van der Waals surface area contributed by atoms with Gasteiger partial charge in [-0.25, -0.2) is 8.42 Å². The van der Waals surface area contributed by atoms with E-state index in [-0.39, 0.29) is 24.1 Å². The van der Waals surface area contributed by atoms with Crippen molar-refractivity contribution >= 4 is 10.0 Å². The summed E-state index contributed by atoms with van der Waals surface area (Å²) in [6.07, 6.45) is 0.383. The van der Waals surface area contributed by atoms with E-state index in [0.29, 0.717) is 17.5 Å². The van der Waals surface area contributed by atoms with Gasteiger partial charge in [-0.3, -0.25) is 0 Å². The van der Waals surface area contributed by atoms with Crippen LogP contribution in [0.1, 0.15) is 31.4 Å². The highest BCUT2D eigenvalue weighted by molar-refractivity contribution is 7.89. The van der Waals surface area contributed by atoms with Crippen LogP contribution in [0.4, 0.5) is 0 Å². The number of aliphatic hydroxyl groups excluding tert-OH is 1. The Morgan fingerprint density at radius 2 is 2.05 bits per heavy atom. The molecule has 0 aromatic heterocycles. The van der Waals surface area contributed by atoms with Gasteiger partial charge in [-0.1, -0.05) is 6.07 Å². The van der Waals surface area contributed by atoms with Gasteiger partial charge in [0, 0.05) is 19.2 Å². The molecule has 20 heavy (non-hydrogen) atoms. The Labute approximate surface area is 120 Å². The van der Waals surface area contributed by atoms with Crippen molar-refractivity contribution in [2.75, 3.05) is 13.2 Å². The minimum Gasteiger partial charge on any atom is -0.396 e. The molecule has 0 aliphatic rings.